The van der Waals surface area contributed by atoms with Crippen LogP contribution >= 0.6 is 0 Å². The molecule has 0 radical (unpaired) electrons. The van der Waals surface area contributed by atoms with E-state index in [0.717, 1.165) is 11.6 Å². The van der Waals surface area contributed by atoms with Gasteiger partial charge in [0.25, 0.3) is 15.7 Å². The topological polar surface area (TPSA) is 98.5 Å². The number of nitrogens with zero attached hydrogens (tertiary/aromatic N) is 1. The minimum Gasteiger partial charge on any atom is -0.495 e. The third-order valence-electron chi connectivity index (χ3n) is 3.26. The van der Waals surface area contributed by atoms with Crippen molar-refractivity contribution in [1.29, 1.82) is 0 Å². The summed E-state index contributed by atoms with van der Waals surface area (Å²) in [4.78, 5) is 10.1. The zero-order valence-corrected chi connectivity index (χ0v) is 13.7. The molecule has 0 bridgehead atoms. The number of sulfonamides is 1. The van der Waals surface area contributed by atoms with Crippen molar-refractivity contribution in [1.82, 2.24) is 0 Å². The Labute approximate surface area is 134 Å². The first-order valence-electron chi connectivity index (χ1n) is 6.67. The van der Waals surface area contributed by atoms with Crippen molar-refractivity contribution in [3.8, 4) is 5.75 Å². The largest absolute Gasteiger partial charge is 0.495 e. The second-order valence-corrected chi connectivity index (χ2v) is 6.61. The Kier molecular flexibility index (Phi) is 4.55. The van der Waals surface area contributed by atoms with Crippen LogP contribution in [0.5, 0.6) is 5.75 Å². The Morgan fingerprint density at radius 2 is 1.87 bits per heavy atom. The fourth-order valence-corrected chi connectivity index (χ4v) is 3.68. The molecule has 2 aromatic carbocycles. The van der Waals surface area contributed by atoms with E-state index in [1.807, 2.05) is 6.92 Å². The number of methoxy groups -OCH3 is 1. The van der Waals surface area contributed by atoms with E-state index in [1.165, 1.54) is 26.2 Å². The monoisotopic (exact) mass is 336 g/mol. The van der Waals surface area contributed by atoms with Crippen LogP contribution in [0.3, 0.4) is 0 Å². The van der Waals surface area contributed by atoms with Crippen LogP contribution in [0, 0.1) is 24.0 Å². The minimum atomic E-state index is -4.14. The molecule has 8 heteroatoms. The Morgan fingerprint density at radius 1 is 1.17 bits per heavy atom. The lowest BCUT2D eigenvalue weighted by atomic mass is 10.2. The Hall–Kier alpha value is -2.61. The molecular formula is C15H16N2O5S. The first kappa shape index (κ1) is 16.8. The van der Waals surface area contributed by atoms with Crippen molar-refractivity contribution in [2.45, 2.75) is 18.7 Å². The number of ether oxygens (including phenoxy) is 1. The Bertz CT molecular complexity index is 862. The molecule has 0 spiro atoms. The number of hydrogen-bond acceptors (Lipinski definition) is 5. The van der Waals surface area contributed by atoms with E-state index in [2.05, 4.69) is 4.72 Å². The van der Waals surface area contributed by atoms with Crippen molar-refractivity contribution in [2.24, 2.45) is 0 Å². The molecule has 1 N–H and O–H groups in total. The Balaban J connectivity index is 2.55. The molecule has 0 unspecified atom stereocenters. The summed E-state index contributed by atoms with van der Waals surface area (Å²) >= 11 is 0. The molecule has 23 heavy (non-hydrogen) atoms. The van der Waals surface area contributed by atoms with Gasteiger partial charge in [0.05, 0.1) is 17.7 Å². The number of hydrogen-bond donors (Lipinski definition) is 1. The summed E-state index contributed by atoms with van der Waals surface area (Å²) in [7, 11) is -2.72. The van der Waals surface area contributed by atoms with E-state index in [1.54, 1.807) is 18.2 Å². The molecule has 0 saturated heterocycles. The van der Waals surface area contributed by atoms with Crippen LogP contribution in [0.25, 0.3) is 0 Å². The minimum absolute atomic E-state index is 0.218. The summed E-state index contributed by atoms with van der Waals surface area (Å²) in [6, 6.07) is 9.05. The SMILES string of the molecule is COc1cc(C)ccc1NS(=O)(=O)c1c(C)cccc1[N+](=O)[O-]. The van der Waals surface area contributed by atoms with E-state index in [9.17, 15) is 18.5 Å². The van der Waals surface area contributed by atoms with Crippen LogP contribution in [0.15, 0.2) is 41.3 Å². The smallest absolute Gasteiger partial charge is 0.290 e. The van der Waals surface area contributed by atoms with Gasteiger partial charge in [-0.25, -0.2) is 8.42 Å². The highest BCUT2D eigenvalue weighted by molar-refractivity contribution is 7.93. The van der Waals surface area contributed by atoms with Gasteiger partial charge < -0.3 is 4.74 Å². The van der Waals surface area contributed by atoms with Gasteiger partial charge >= 0.3 is 0 Å². The van der Waals surface area contributed by atoms with Crippen LogP contribution < -0.4 is 9.46 Å². The number of benzene rings is 2. The Morgan fingerprint density at radius 3 is 2.48 bits per heavy atom. The van der Waals surface area contributed by atoms with Crippen molar-refractivity contribution < 1.29 is 18.1 Å². The predicted octanol–water partition coefficient (Wildman–Crippen LogP) is 3.02. The summed E-state index contributed by atoms with van der Waals surface area (Å²) in [5.74, 6) is 0.338. The van der Waals surface area contributed by atoms with Gasteiger partial charge in [-0.05, 0) is 37.1 Å². The molecule has 122 valence electrons. The van der Waals surface area contributed by atoms with E-state index in [0.29, 0.717) is 5.75 Å². The summed E-state index contributed by atoms with van der Waals surface area (Å²) < 4.78 is 32.8. The number of anilines is 1. The predicted molar refractivity (Wildman–Crippen MR) is 86.4 cm³/mol. The summed E-state index contributed by atoms with van der Waals surface area (Å²) in [5.41, 5.74) is 0.934. The zero-order chi connectivity index (χ0) is 17.2. The molecule has 0 saturated carbocycles. The molecule has 0 heterocycles. The molecule has 0 fully saturated rings. The van der Waals surface area contributed by atoms with Gasteiger partial charge in [-0.15, -0.1) is 0 Å². The van der Waals surface area contributed by atoms with Crippen molar-refractivity contribution in [3.05, 3.63) is 57.6 Å². The highest BCUT2D eigenvalue weighted by Crippen LogP contribution is 2.32. The van der Waals surface area contributed by atoms with Gasteiger partial charge in [0, 0.05) is 6.07 Å². The molecule has 0 aliphatic carbocycles. The highest BCUT2D eigenvalue weighted by Gasteiger charge is 2.28. The van der Waals surface area contributed by atoms with Gasteiger partial charge in [0.15, 0.2) is 4.90 Å². The highest BCUT2D eigenvalue weighted by atomic mass is 32.2. The lowest BCUT2D eigenvalue weighted by Crippen LogP contribution is -2.16. The molecule has 0 aliphatic heterocycles. The van der Waals surface area contributed by atoms with Crippen LogP contribution in [-0.2, 0) is 10.0 Å². The maximum absolute atomic E-state index is 12.6. The fourth-order valence-electron chi connectivity index (χ4n) is 2.21. The molecule has 0 aliphatic rings. The van der Waals surface area contributed by atoms with E-state index < -0.39 is 20.6 Å². The lowest BCUT2D eigenvalue weighted by molar-refractivity contribution is -0.387. The van der Waals surface area contributed by atoms with Crippen molar-refractivity contribution in [2.75, 3.05) is 11.8 Å². The van der Waals surface area contributed by atoms with Crippen LogP contribution in [0.2, 0.25) is 0 Å². The summed E-state index contributed by atoms with van der Waals surface area (Å²) in [6.07, 6.45) is 0. The molecule has 0 aromatic heterocycles. The first-order chi connectivity index (χ1) is 10.8. The summed E-state index contributed by atoms with van der Waals surface area (Å²) in [5, 5.41) is 11.1. The number of rotatable bonds is 5. The zero-order valence-electron chi connectivity index (χ0n) is 12.9. The summed E-state index contributed by atoms with van der Waals surface area (Å²) in [6.45, 7) is 3.35. The van der Waals surface area contributed by atoms with Gasteiger partial charge in [0.2, 0.25) is 0 Å². The van der Waals surface area contributed by atoms with Gasteiger partial charge in [0.1, 0.15) is 5.75 Å². The van der Waals surface area contributed by atoms with E-state index in [4.69, 9.17) is 4.74 Å². The third-order valence-corrected chi connectivity index (χ3v) is 4.82. The normalized spacial score (nSPS) is 11.1. The number of aryl methyl sites for hydroxylation is 2. The maximum atomic E-state index is 12.6. The quantitative estimate of drug-likeness (QED) is 0.668. The van der Waals surface area contributed by atoms with Gasteiger partial charge in [-0.1, -0.05) is 18.2 Å². The number of nitrogens with one attached hydrogen (secondary N) is 1. The van der Waals surface area contributed by atoms with Crippen LogP contribution in [0.4, 0.5) is 11.4 Å². The molecule has 7 nitrogen and oxygen atoms in total. The molecular weight excluding hydrogens is 320 g/mol. The number of nitro benzene ring substituents is 1. The standard InChI is InChI=1S/C15H16N2O5S/c1-10-7-8-12(14(9-10)22-3)16-23(20,21)15-11(2)5-4-6-13(15)17(18)19/h4-9,16H,1-3H3. The average Bonchev–Trinajstić information content (AvgIpc) is 2.48. The van der Waals surface area contributed by atoms with Crippen molar-refractivity contribution >= 4 is 21.4 Å². The van der Waals surface area contributed by atoms with E-state index >= 15 is 0 Å². The second-order valence-electron chi connectivity index (χ2n) is 4.99. The fraction of sp³-hybridized carbons (Fsp3) is 0.200. The maximum Gasteiger partial charge on any atom is 0.290 e. The van der Waals surface area contributed by atoms with Crippen LogP contribution in [0.1, 0.15) is 11.1 Å². The molecule has 2 rings (SSSR count). The average molecular weight is 336 g/mol. The van der Waals surface area contributed by atoms with Gasteiger partial charge in [-0.2, -0.15) is 0 Å². The van der Waals surface area contributed by atoms with E-state index in [-0.39, 0.29) is 16.1 Å². The lowest BCUT2D eigenvalue weighted by Gasteiger charge is -2.13. The molecule has 2 aromatic rings. The second kappa shape index (κ2) is 6.25. The van der Waals surface area contributed by atoms with Crippen molar-refractivity contribution in [3.63, 3.8) is 0 Å². The molecule has 0 amide bonds. The number of nitro groups is 1. The van der Waals surface area contributed by atoms with Gasteiger partial charge in [-0.3, -0.25) is 14.8 Å². The molecule has 0 atom stereocenters. The third kappa shape index (κ3) is 3.42. The first-order valence-corrected chi connectivity index (χ1v) is 8.16. The van der Waals surface area contributed by atoms with Crippen LogP contribution in [-0.4, -0.2) is 20.5 Å².